The molecule has 0 unspecified atom stereocenters. The molecule has 7 heteroatoms. The van der Waals surface area contributed by atoms with Gasteiger partial charge >= 0.3 is 0 Å². The molecule has 0 saturated heterocycles. The molecule has 33 heavy (non-hydrogen) atoms. The van der Waals surface area contributed by atoms with Gasteiger partial charge in [-0.15, -0.1) is 10.2 Å². The molecule has 2 heterocycles. The van der Waals surface area contributed by atoms with Gasteiger partial charge in [-0.25, -0.2) is 4.98 Å². The van der Waals surface area contributed by atoms with Gasteiger partial charge in [0.05, 0.1) is 17.1 Å². The van der Waals surface area contributed by atoms with Gasteiger partial charge in [0.2, 0.25) is 11.8 Å². The van der Waals surface area contributed by atoms with Crippen molar-refractivity contribution in [3.63, 3.8) is 0 Å². The number of imidazole rings is 1. The number of nitrogens with zero attached hydrogens (tertiary/aromatic N) is 4. The Morgan fingerprint density at radius 1 is 0.909 bits per heavy atom. The Balaban J connectivity index is 1.47. The Hall–Kier alpha value is -3.35. The predicted molar refractivity (Wildman–Crippen MR) is 133 cm³/mol. The molecule has 0 saturated carbocycles. The zero-order chi connectivity index (χ0) is 22.8. The van der Waals surface area contributed by atoms with Crippen molar-refractivity contribution >= 4 is 23.4 Å². The normalized spacial score (nSPS) is 11.1. The monoisotopic (exact) mass is 472 g/mol. The number of halogens is 1. The first-order chi connectivity index (χ1) is 16.1. The van der Waals surface area contributed by atoms with E-state index < -0.39 is 0 Å². The molecular formula is C26H21ClN4OS. The van der Waals surface area contributed by atoms with Crippen LogP contribution in [0.15, 0.2) is 88.6 Å². The molecule has 164 valence electrons. The van der Waals surface area contributed by atoms with Crippen molar-refractivity contribution in [1.82, 2.24) is 19.7 Å². The number of hydrogen-bond acceptors (Lipinski definition) is 5. The Labute approximate surface area is 201 Å². The average Bonchev–Trinajstić information content (AvgIpc) is 3.48. The predicted octanol–water partition coefficient (Wildman–Crippen LogP) is 7.15. The molecule has 5 nitrogen and oxygen atoms in total. The smallest absolute Gasteiger partial charge is 0.247 e. The molecule has 3 aromatic carbocycles. The van der Waals surface area contributed by atoms with E-state index in [2.05, 4.69) is 53.0 Å². The van der Waals surface area contributed by atoms with Crippen molar-refractivity contribution in [1.29, 1.82) is 0 Å². The van der Waals surface area contributed by atoms with Crippen LogP contribution in [-0.2, 0) is 5.75 Å². The molecule has 0 atom stereocenters. The van der Waals surface area contributed by atoms with Crippen LogP contribution in [0.2, 0.25) is 5.02 Å². The van der Waals surface area contributed by atoms with Gasteiger partial charge in [-0.05, 0) is 55.3 Å². The Morgan fingerprint density at radius 3 is 2.48 bits per heavy atom. The van der Waals surface area contributed by atoms with Crippen molar-refractivity contribution in [2.75, 3.05) is 0 Å². The third kappa shape index (κ3) is 4.72. The lowest BCUT2D eigenvalue weighted by atomic mass is 10.1. The minimum atomic E-state index is 0.516. The van der Waals surface area contributed by atoms with Crippen LogP contribution < -0.4 is 0 Å². The second-order valence-corrected chi connectivity index (χ2v) is 9.11. The average molecular weight is 473 g/mol. The highest BCUT2D eigenvalue weighted by molar-refractivity contribution is 7.98. The summed E-state index contributed by atoms with van der Waals surface area (Å²) in [5, 5.41) is 9.98. The summed E-state index contributed by atoms with van der Waals surface area (Å²) in [6.07, 6.45) is 2.07. The van der Waals surface area contributed by atoms with Crippen molar-refractivity contribution < 1.29 is 4.42 Å². The third-order valence-corrected chi connectivity index (χ3v) is 6.44. The highest BCUT2D eigenvalue weighted by Crippen LogP contribution is 2.31. The van der Waals surface area contributed by atoms with E-state index in [4.69, 9.17) is 21.0 Å². The summed E-state index contributed by atoms with van der Waals surface area (Å²) in [5.41, 5.74) is 6.26. The Morgan fingerprint density at radius 2 is 1.70 bits per heavy atom. The minimum Gasteiger partial charge on any atom is -0.420 e. The second kappa shape index (κ2) is 9.25. The minimum absolute atomic E-state index is 0.516. The van der Waals surface area contributed by atoms with Gasteiger partial charge in [0.25, 0.3) is 0 Å². The van der Waals surface area contributed by atoms with Crippen LogP contribution in [0, 0.1) is 13.8 Å². The molecule has 0 aliphatic heterocycles. The van der Waals surface area contributed by atoms with Gasteiger partial charge in [-0.3, -0.25) is 4.57 Å². The lowest BCUT2D eigenvalue weighted by Gasteiger charge is -2.11. The molecular weight excluding hydrogens is 452 g/mol. The number of benzene rings is 3. The molecule has 0 spiro atoms. The van der Waals surface area contributed by atoms with E-state index in [9.17, 15) is 0 Å². The second-order valence-electron chi connectivity index (χ2n) is 7.73. The largest absolute Gasteiger partial charge is 0.420 e. The molecule has 2 aromatic heterocycles. The molecule has 0 aliphatic carbocycles. The summed E-state index contributed by atoms with van der Waals surface area (Å²) in [6, 6.07) is 23.9. The standard InChI is InChI=1S/C26H21ClN4OS/c1-17-8-9-18(2)23(14-17)31-15-22(19-10-12-21(27)13-11-19)28-26(31)33-16-24-29-30-25(32-24)20-6-4-3-5-7-20/h3-15H,16H2,1-2H3. The third-order valence-electron chi connectivity index (χ3n) is 5.25. The fourth-order valence-corrected chi connectivity index (χ4v) is 4.46. The van der Waals surface area contributed by atoms with Crippen molar-refractivity contribution in [2.24, 2.45) is 0 Å². The zero-order valence-corrected chi connectivity index (χ0v) is 19.8. The number of aromatic nitrogens is 4. The fraction of sp³-hybridized carbons (Fsp3) is 0.115. The maximum Gasteiger partial charge on any atom is 0.247 e. The van der Waals surface area contributed by atoms with E-state index in [0.29, 0.717) is 22.6 Å². The quantitative estimate of drug-likeness (QED) is 0.245. The van der Waals surface area contributed by atoms with Crippen LogP contribution in [0.25, 0.3) is 28.4 Å². The number of thioether (sulfide) groups is 1. The molecule has 0 radical (unpaired) electrons. The van der Waals surface area contributed by atoms with Crippen molar-refractivity contribution in [3.05, 3.63) is 101 Å². The van der Waals surface area contributed by atoms with E-state index in [1.807, 2.05) is 54.6 Å². The zero-order valence-electron chi connectivity index (χ0n) is 18.2. The van der Waals surface area contributed by atoms with Gasteiger partial charge in [0.15, 0.2) is 5.16 Å². The maximum absolute atomic E-state index is 6.08. The Kier molecular flexibility index (Phi) is 6.03. The summed E-state index contributed by atoms with van der Waals surface area (Å²) in [5.74, 6) is 1.59. The van der Waals surface area contributed by atoms with Gasteiger partial charge in [0, 0.05) is 22.3 Å². The highest BCUT2D eigenvalue weighted by atomic mass is 35.5. The van der Waals surface area contributed by atoms with Crippen molar-refractivity contribution in [3.8, 4) is 28.4 Å². The SMILES string of the molecule is Cc1ccc(C)c(-n2cc(-c3ccc(Cl)cc3)nc2SCc2nnc(-c3ccccc3)o2)c1. The summed E-state index contributed by atoms with van der Waals surface area (Å²) in [4.78, 5) is 4.93. The summed E-state index contributed by atoms with van der Waals surface area (Å²) in [7, 11) is 0. The molecule has 5 rings (SSSR count). The van der Waals surface area contributed by atoms with E-state index in [1.165, 1.54) is 11.1 Å². The first-order valence-electron chi connectivity index (χ1n) is 10.5. The van der Waals surface area contributed by atoms with E-state index in [1.54, 1.807) is 11.8 Å². The fourth-order valence-electron chi connectivity index (χ4n) is 3.51. The first kappa shape index (κ1) is 21.5. The number of rotatable bonds is 6. The van der Waals surface area contributed by atoms with Gasteiger partial charge in [0.1, 0.15) is 0 Å². The molecule has 0 fully saturated rings. The van der Waals surface area contributed by atoms with Gasteiger partial charge in [-0.1, -0.05) is 65.8 Å². The van der Waals surface area contributed by atoms with E-state index in [0.717, 1.165) is 27.7 Å². The molecule has 5 aromatic rings. The molecule has 0 amide bonds. The van der Waals surface area contributed by atoms with Crippen LogP contribution >= 0.6 is 23.4 Å². The van der Waals surface area contributed by atoms with Crippen LogP contribution in [0.4, 0.5) is 0 Å². The highest BCUT2D eigenvalue weighted by Gasteiger charge is 2.16. The van der Waals surface area contributed by atoms with E-state index in [-0.39, 0.29) is 0 Å². The molecule has 0 aliphatic rings. The van der Waals surface area contributed by atoms with Gasteiger partial charge in [-0.2, -0.15) is 0 Å². The Bertz CT molecular complexity index is 1390. The number of hydrogen-bond donors (Lipinski definition) is 0. The first-order valence-corrected chi connectivity index (χ1v) is 11.9. The van der Waals surface area contributed by atoms with E-state index >= 15 is 0 Å². The maximum atomic E-state index is 6.08. The topological polar surface area (TPSA) is 56.7 Å². The summed E-state index contributed by atoms with van der Waals surface area (Å²) < 4.78 is 8.02. The molecule has 0 bridgehead atoms. The van der Waals surface area contributed by atoms with Crippen LogP contribution in [-0.4, -0.2) is 19.7 Å². The van der Waals surface area contributed by atoms with Crippen LogP contribution in [0.1, 0.15) is 17.0 Å². The molecule has 0 N–H and O–H groups in total. The van der Waals surface area contributed by atoms with Crippen LogP contribution in [0.3, 0.4) is 0 Å². The lowest BCUT2D eigenvalue weighted by molar-refractivity contribution is 0.528. The lowest BCUT2D eigenvalue weighted by Crippen LogP contribution is -1.98. The summed E-state index contributed by atoms with van der Waals surface area (Å²) >= 11 is 7.65. The van der Waals surface area contributed by atoms with Gasteiger partial charge < -0.3 is 4.42 Å². The number of aryl methyl sites for hydroxylation is 2. The van der Waals surface area contributed by atoms with Crippen molar-refractivity contribution in [2.45, 2.75) is 24.8 Å². The van der Waals surface area contributed by atoms with Crippen LogP contribution in [0.5, 0.6) is 0 Å². The summed E-state index contributed by atoms with van der Waals surface area (Å²) in [6.45, 7) is 4.20.